The summed E-state index contributed by atoms with van der Waals surface area (Å²) in [6.07, 6.45) is 1.14. The molecular formula is C18H30N4. The van der Waals surface area contributed by atoms with Crippen LogP contribution >= 0.6 is 0 Å². The van der Waals surface area contributed by atoms with Crippen molar-refractivity contribution in [2.45, 2.75) is 46.2 Å². The Morgan fingerprint density at radius 2 is 1.77 bits per heavy atom. The molecule has 122 valence electrons. The molecule has 1 aromatic carbocycles. The maximum atomic E-state index is 4.76. The van der Waals surface area contributed by atoms with E-state index in [1.54, 1.807) is 0 Å². The third-order valence-electron chi connectivity index (χ3n) is 4.30. The number of hydrogen-bond acceptors (Lipinski definition) is 2. The lowest BCUT2D eigenvalue weighted by Crippen LogP contribution is -2.49. The molecule has 0 saturated heterocycles. The van der Waals surface area contributed by atoms with Crippen LogP contribution in [0.2, 0.25) is 0 Å². The Bertz CT molecular complexity index is 500. The van der Waals surface area contributed by atoms with Gasteiger partial charge in [0.1, 0.15) is 0 Å². The largest absolute Gasteiger partial charge is 0.357 e. The molecule has 0 aromatic heterocycles. The molecule has 1 aliphatic rings. The summed E-state index contributed by atoms with van der Waals surface area (Å²) in [7, 11) is 0. The van der Waals surface area contributed by atoms with Crippen LogP contribution in [0.5, 0.6) is 0 Å². The van der Waals surface area contributed by atoms with E-state index in [4.69, 9.17) is 4.99 Å². The number of rotatable bonds is 5. The van der Waals surface area contributed by atoms with Gasteiger partial charge in [-0.3, -0.25) is 9.89 Å². The topological polar surface area (TPSA) is 39.7 Å². The Kier molecular flexibility index (Phi) is 5.83. The first kappa shape index (κ1) is 16.8. The van der Waals surface area contributed by atoms with E-state index in [1.807, 2.05) is 0 Å². The van der Waals surface area contributed by atoms with Crippen molar-refractivity contribution in [2.24, 2.45) is 4.99 Å². The molecule has 0 fully saturated rings. The molecule has 0 radical (unpaired) electrons. The highest BCUT2D eigenvalue weighted by Gasteiger charge is 2.29. The Labute approximate surface area is 135 Å². The fourth-order valence-corrected chi connectivity index (χ4v) is 2.89. The Hall–Kier alpha value is -1.55. The van der Waals surface area contributed by atoms with Crippen molar-refractivity contribution < 1.29 is 0 Å². The number of nitrogens with zero attached hydrogens (tertiary/aromatic N) is 2. The van der Waals surface area contributed by atoms with Gasteiger partial charge in [-0.15, -0.1) is 0 Å². The van der Waals surface area contributed by atoms with Gasteiger partial charge in [0.25, 0.3) is 0 Å². The Morgan fingerprint density at radius 3 is 2.41 bits per heavy atom. The van der Waals surface area contributed by atoms with Crippen LogP contribution in [0.4, 0.5) is 0 Å². The Morgan fingerprint density at radius 1 is 1.14 bits per heavy atom. The van der Waals surface area contributed by atoms with Crippen LogP contribution in [0, 0.1) is 0 Å². The van der Waals surface area contributed by atoms with Gasteiger partial charge < -0.3 is 10.6 Å². The second-order valence-corrected chi connectivity index (χ2v) is 6.48. The summed E-state index contributed by atoms with van der Waals surface area (Å²) in [6, 6.07) is 8.79. The van der Waals surface area contributed by atoms with Gasteiger partial charge in [0.15, 0.2) is 5.96 Å². The minimum absolute atomic E-state index is 0.0592. The van der Waals surface area contributed by atoms with Crippen LogP contribution in [0.25, 0.3) is 0 Å². The van der Waals surface area contributed by atoms with Crippen LogP contribution in [0.1, 0.15) is 38.8 Å². The van der Waals surface area contributed by atoms with Crippen molar-refractivity contribution in [2.75, 3.05) is 26.2 Å². The molecule has 4 heteroatoms. The number of hydrogen-bond donors (Lipinski definition) is 2. The van der Waals surface area contributed by atoms with Gasteiger partial charge in [-0.1, -0.05) is 24.3 Å². The number of fused-ring (bicyclic) bond motifs is 1. The number of aliphatic imine (C=N–C) groups is 1. The second-order valence-electron chi connectivity index (χ2n) is 6.48. The van der Waals surface area contributed by atoms with Gasteiger partial charge in [-0.25, -0.2) is 0 Å². The van der Waals surface area contributed by atoms with Gasteiger partial charge in [-0.05, 0) is 45.2 Å². The van der Waals surface area contributed by atoms with Crippen molar-refractivity contribution in [3.8, 4) is 0 Å². The molecule has 0 aliphatic carbocycles. The first-order valence-corrected chi connectivity index (χ1v) is 8.41. The zero-order chi connectivity index (χ0) is 16.0. The molecular weight excluding hydrogens is 272 g/mol. The number of guanidine groups is 1. The molecule has 2 N–H and O–H groups in total. The smallest absolute Gasteiger partial charge is 0.191 e. The molecule has 0 atom stereocenters. The van der Waals surface area contributed by atoms with Gasteiger partial charge in [0, 0.05) is 31.7 Å². The molecule has 22 heavy (non-hydrogen) atoms. The molecule has 0 bridgehead atoms. The van der Waals surface area contributed by atoms with Crippen molar-refractivity contribution >= 4 is 5.96 Å². The minimum atomic E-state index is 0.0592. The van der Waals surface area contributed by atoms with E-state index in [1.165, 1.54) is 11.1 Å². The van der Waals surface area contributed by atoms with Crippen LogP contribution in [0.15, 0.2) is 29.3 Å². The maximum absolute atomic E-state index is 4.76. The van der Waals surface area contributed by atoms with Crippen LogP contribution < -0.4 is 10.6 Å². The molecule has 0 amide bonds. The molecule has 0 unspecified atom stereocenters. The molecule has 0 spiro atoms. The van der Waals surface area contributed by atoms with Crippen molar-refractivity contribution in [3.63, 3.8) is 0 Å². The standard InChI is InChI=1S/C18H30N4/c1-5-19-17(20-6-2)21-14-18(3,4)22-12-11-15-9-7-8-10-16(15)13-22/h7-10H,5-6,11-14H2,1-4H3,(H2,19,20,21). The quantitative estimate of drug-likeness (QED) is 0.648. The SMILES string of the molecule is CCNC(=NCC(C)(C)N1CCc2ccccc2C1)NCC. The first-order valence-electron chi connectivity index (χ1n) is 8.41. The summed E-state index contributed by atoms with van der Waals surface area (Å²) < 4.78 is 0. The average Bonchev–Trinajstić information content (AvgIpc) is 2.52. The lowest BCUT2D eigenvalue weighted by atomic mass is 9.94. The third kappa shape index (κ3) is 4.23. The molecule has 2 rings (SSSR count). The summed E-state index contributed by atoms with van der Waals surface area (Å²) in [5.41, 5.74) is 3.02. The fraction of sp³-hybridized carbons (Fsp3) is 0.611. The predicted molar refractivity (Wildman–Crippen MR) is 94.3 cm³/mol. The van der Waals surface area contributed by atoms with E-state index in [-0.39, 0.29) is 5.54 Å². The van der Waals surface area contributed by atoms with Gasteiger partial charge in [0.2, 0.25) is 0 Å². The summed E-state index contributed by atoms with van der Waals surface area (Å²) in [5.74, 6) is 0.912. The van der Waals surface area contributed by atoms with Gasteiger partial charge in [-0.2, -0.15) is 0 Å². The highest BCUT2D eigenvalue weighted by molar-refractivity contribution is 5.79. The van der Waals surface area contributed by atoms with E-state index in [9.17, 15) is 0 Å². The summed E-state index contributed by atoms with van der Waals surface area (Å²) in [4.78, 5) is 7.31. The van der Waals surface area contributed by atoms with Crippen molar-refractivity contribution in [1.82, 2.24) is 15.5 Å². The summed E-state index contributed by atoms with van der Waals surface area (Å²) in [5, 5.41) is 6.59. The van der Waals surface area contributed by atoms with E-state index >= 15 is 0 Å². The van der Waals surface area contributed by atoms with Crippen molar-refractivity contribution in [3.05, 3.63) is 35.4 Å². The van der Waals surface area contributed by atoms with Gasteiger partial charge in [0.05, 0.1) is 6.54 Å². The third-order valence-corrected chi connectivity index (χ3v) is 4.30. The summed E-state index contributed by atoms with van der Waals surface area (Å²) >= 11 is 0. The van der Waals surface area contributed by atoms with E-state index in [2.05, 4.69) is 67.5 Å². The second kappa shape index (κ2) is 7.63. The van der Waals surface area contributed by atoms with Crippen molar-refractivity contribution in [1.29, 1.82) is 0 Å². The Balaban J connectivity index is 2.03. The lowest BCUT2D eigenvalue weighted by Gasteiger charge is -2.40. The number of benzene rings is 1. The normalized spacial score (nSPS) is 15.1. The lowest BCUT2D eigenvalue weighted by molar-refractivity contribution is 0.112. The molecule has 1 heterocycles. The van der Waals surface area contributed by atoms with Crippen LogP contribution in [-0.2, 0) is 13.0 Å². The van der Waals surface area contributed by atoms with E-state index in [0.29, 0.717) is 0 Å². The predicted octanol–water partition coefficient (Wildman–Crippen LogP) is 2.40. The molecule has 1 aromatic rings. The van der Waals surface area contributed by atoms with E-state index in [0.717, 1.165) is 45.1 Å². The zero-order valence-corrected chi connectivity index (χ0v) is 14.4. The monoisotopic (exact) mass is 302 g/mol. The average molecular weight is 302 g/mol. The maximum Gasteiger partial charge on any atom is 0.191 e. The highest BCUT2D eigenvalue weighted by Crippen LogP contribution is 2.25. The number of nitrogens with one attached hydrogen (secondary N) is 2. The molecule has 1 aliphatic heterocycles. The highest BCUT2D eigenvalue weighted by atomic mass is 15.2. The zero-order valence-electron chi connectivity index (χ0n) is 14.4. The minimum Gasteiger partial charge on any atom is -0.357 e. The van der Waals surface area contributed by atoms with Crippen LogP contribution in [0.3, 0.4) is 0 Å². The first-order chi connectivity index (χ1) is 10.6. The summed E-state index contributed by atoms with van der Waals surface area (Å²) in [6.45, 7) is 13.5. The fourth-order valence-electron chi connectivity index (χ4n) is 2.89. The molecule has 0 saturated carbocycles. The van der Waals surface area contributed by atoms with E-state index < -0.39 is 0 Å². The van der Waals surface area contributed by atoms with Gasteiger partial charge >= 0.3 is 0 Å². The van der Waals surface area contributed by atoms with Crippen LogP contribution in [-0.4, -0.2) is 42.6 Å². The molecule has 4 nitrogen and oxygen atoms in total.